The third-order valence-corrected chi connectivity index (χ3v) is 3.46. The van der Waals surface area contributed by atoms with E-state index in [4.69, 9.17) is 0 Å². The average Bonchev–Trinajstić information content (AvgIpc) is 2.59. The van der Waals surface area contributed by atoms with Gasteiger partial charge in [0.15, 0.2) is 0 Å². The van der Waals surface area contributed by atoms with Gasteiger partial charge in [-0.3, -0.25) is 4.79 Å². The molecule has 0 saturated heterocycles. The number of hydrogen-bond acceptors (Lipinski definition) is 4. The quantitative estimate of drug-likeness (QED) is 0.631. The minimum absolute atomic E-state index is 0.209. The number of methoxy groups -OCH3 is 1. The molecule has 0 aliphatic carbocycles. The van der Waals surface area contributed by atoms with Crippen LogP contribution in [-0.4, -0.2) is 25.3 Å². The highest BCUT2D eigenvalue weighted by atomic mass is 19.4. The van der Waals surface area contributed by atoms with E-state index < -0.39 is 18.2 Å². The summed E-state index contributed by atoms with van der Waals surface area (Å²) in [6.45, 7) is 5.18. The number of carbonyl (C=O) groups is 2. The number of carbonyl (C=O) groups excluding carboxylic acids is 2. The zero-order chi connectivity index (χ0) is 20.2. The lowest BCUT2D eigenvalue weighted by Gasteiger charge is -2.11. The molecule has 0 spiro atoms. The average molecular weight is 379 g/mol. The van der Waals surface area contributed by atoms with Gasteiger partial charge in [-0.2, -0.15) is 0 Å². The van der Waals surface area contributed by atoms with Gasteiger partial charge < -0.3 is 14.8 Å². The number of nitrogens with one attached hydrogen (secondary N) is 1. The molecule has 2 aromatic rings. The normalized spacial score (nSPS) is 10.9. The molecule has 0 saturated carbocycles. The predicted molar refractivity (Wildman–Crippen MR) is 91.9 cm³/mol. The first-order valence-electron chi connectivity index (χ1n) is 7.65. The number of ether oxygens (including phenoxy) is 2. The van der Waals surface area contributed by atoms with Gasteiger partial charge in [0.05, 0.1) is 7.11 Å². The van der Waals surface area contributed by atoms with Crippen molar-refractivity contribution in [3.05, 3.63) is 65.9 Å². The molecule has 0 unspecified atom stereocenters. The van der Waals surface area contributed by atoms with Crippen LogP contribution >= 0.6 is 0 Å². The monoisotopic (exact) mass is 379 g/mol. The molecule has 27 heavy (non-hydrogen) atoms. The van der Waals surface area contributed by atoms with Crippen LogP contribution in [0.2, 0.25) is 0 Å². The highest BCUT2D eigenvalue weighted by Gasteiger charge is 2.31. The third kappa shape index (κ3) is 5.60. The van der Waals surface area contributed by atoms with Crippen molar-refractivity contribution >= 4 is 11.9 Å². The molecule has 1 N–H and O–H groups in total. The minimum Gasteiger partial charge on any atom is -0.464 e. The van der Waals surface area contributed by atoms with Crippen molar-refractivity contribution in [1.29, 1.82) is 0 Å². The zero-order valence-electron chi connectivity index (χ0n) is 14.5. The standard InChI is InChI=1S/C19H16F3NO4/c1-11-8-14(13-4-6-16(7-5-13)27-19(20,21)22)10-15(9-11)17(24)23-12(2)18(25)26-3/h4-10H,2H2,1,3H3,(H,23,24). The molecular weight excluding hydrogens is 363 g/mol. The number of hydrogen-bond donors (Lipinski definition) is 1. The van der Waals surface area contributed by atoms with Crippen molar-refractivity contribution in [3.8, 4) is 16.9 Å². The SMILES string of the molecule is C=C(NC(=O)c1cc(C)cc(-c2ccc(OC(F)(F)F)cc2)c1)C(=O)OC. The van der Waals surface area contributed by atoms with Crippen molar-refractivity contribution < 1.29 is 32.2 Å². The third-order valence-electron chi connectivity index (χ3n) is 3.46. The summed E-state index contributed by atoms with van der Waals surface area (Å²) in [6, 6.07) is 10.2. The number of alkyl halides is 3. The topological polar surface area (TPSA) is 64.6 Å². The van der Waals surface area contributed by atoms with Crippen LogP contribution < -0.4 is 10.1 Å². The largest absolute Gasteiger partial charge is 0.573 e. The first kappa shape index (κ1) is 20.0. The Bertz CT molecular complexity index is 874. The Morgan fingerprint density at radius 1 is 1.04 bits per heavy atom. The first-order chi connectivity index (χ1) is 12.6. The van der Waals surface area contributed by atoms with E-state index in [1.54, 1.807) is 25.1 Å². The molecule has 2 aromatic carbocycles. The van der Waals surface area contributed by atoms with Crippen LogP contribution in [0.5, 0.6) is 5.75 Å². The number of esters is 1. The van der Waals surface area contributed by atoms with E-state index in [-0.39, 0.29) is 17.0 Å². The molecule has 0 heterocycles. The van der Waals surface area contributed by atoms with Gasteiger partial charge in [-0.05, 0) is 47.9 Å². The smallest absolute Gasteiger partial charge is 0.464 e. The van der Waals surface area contributed by atoms with Gasteiger partial charge in [0.25, 0.3) is 5.91 Å². The lowest BCUT2D eigenvalue weighted by Crippen LogP contribution is -2.27. The van der Waals surface area contributed by atoms with Gasteiger partial charge in [-0.15, -0.1) is 13.2 Å². The maximum absolute atomic E-state index is 12.3. The molecule has 142 valence electrons. The molecule has 0 bridgehead atoms. The van der Waals surface area contributed by atoms with Crippen LogP contribution in [-0.2, 0) is 9.53 Å². The summed E-state index contributed by atoms with van der Waals surface area (Å²) in [5.74, 6) is -1.67. The number of halogens is 3. The highest BCUT2D eigenvalue weighted by molar-refractivity contribution is 6.01. The fourth-order valence-corrected chi connectivity index (χ4v) is 2.31. The second-order valence-electron chi connectivity index (χ2n) is 5.58. The summed E-state index contributed by atoms with van der Waals surface area (Å²) >= 11 is 0. The molecule has 2 rings (SSSR count). The number of rotatable bonds is 5. The van der Waals surface area contributed by atoms with Gasteiger partial charge in [0, 0.05) is 5.56 Å². The van der Waals surface area contributed by atoms with Gasteiger partial charge in [0.2, 0.25) is 0 Å². The van der Waals surface area contributed by atoms with Crippen molar-refractivity contribution in [3.63, 3.8) is 0 Å². The first-order valence-corrected chi connectivity index (χ1v) is 7.65. The molecule has 0 aliphatic heterocycles. The molecule has 0 radical (unpaired) electrons. The van der Waals surface area contributed by atoms with Crippen molar-refractivity contribution in [2.75, 3.05) is 7.11 Å². The Labute approximate surface area is 153 Å². The van der Waals surface area contributed by atoms with E-state index in [1.165, 1.54) is 24.3 Å². The number of benzene rings is 2. The Morgan fingerprint density at radius 3 is 2.22 bits per heavy atom. The Morgan fingerprint density at radius 2 is 1.67 bits per heavy atom. The van der Waals surface area contributed by atoms with Crippen molar-refractivity contribution in [2.24, 2.45) is 0 Å². The van der Waals surface area contributed by atoms with E-state index in [9.17, 15) is 22.8 Å². The van der Waals surface area contributed by atoms with Gasteiger partial charge in [0.1, 0.15) is 11.4 Å². The fraction of sp³-hybridized carbons (Fsp3) is 0.158. The maximum atomic E-state index is 12.3. The second kappa shape index (κ2) is 7.94. The van der Waals surface area contributed by atoms with Crippen LogP contribution in [0.4, 0.5) is 13.2 Å². The molecule has 0 fully saturated rings. The molecule has 8 heteroatoms. The Kier molecular flexibility index (Phi) is 5.89. The van der Waals surface area contributed by atoms with E-state index in [1.807, 2.05) is 0 Å². The highest BCUT2D eigenvalue weighted by Crippen LogP contribution is 2.27. The van der Waals surface area contributed by atoms with Gasteiger partial charge in [-0.25, -0.2) is 4.79 Å². The molecule has 0 atom stereocenters. The van der Waals surface area contributed by atoms with Crippen molar-refractivity contribution in [2.45, 2.75) is 13.3 Å². The summed E-state index contributed by atoms with van der Waals surface area (Å²) in [7, 11) is 1.16. The van der Waals surface area contributed by atoms with Gasteiger partial charge in [-0.1, -0.05) is 24.8 Å². The van der Waals surface area contributed by atoms with Gasteiger partial charge >= 0.3 is 12.3 Å². The summed E-state index contributed by atoms with van der Waals surface area (Å²) in [6.07, 6.45) is -4.77. The van der Waals surface area contributed by atoms with Crippen molar-refractivity contribution in [1.82, 2.24) is 5.32 Å². The number of amides is 1. The molecule has 5 nitrogen and oxygen atoms in total. The van der Waals surface area contributed by atoms with E-state index in [0.29, 0.717) is 11.1 Å². The number of aryl methyl sites for hydroxylation is 1. The Hall–Kier alpha value is -3.29. The van der Waals surface area contributed by atoms with Crippen LogP contribution in [0.3, 0.4) is 0 Å². The van der Waals surface area contributed by atoms with E-state index in [2.05, 4.69) is 21.4 Å². The Balaban J connectivity index is 2.25. The van der Waals surface area contributed by atoms with Crippen LogP contribution in [0.15, 0.2) is 54.7 Å². The maximum Gasteiger partial charge on any atom is 0.573 e. The zero-order valence-corrected chi connectivity index (χ0v) is 14.5. The molecule has 1 amide bonds. The lowest BCUT2D eigenvalue weighted by atomic mass is 10.00. The summed E-state index contributed by atoms with van der Waals surface area (Å²) in [4.78, 5) is 23.6. The van der Waals surface area contributed by atoms with Crippen LogP contribution in [0.1, 0.15) is 15.9 Å². The minimum atomic E-state index is -4.77. The van der Waals surface area contributed by atoms with E-state index >= 15 is 0 Å². The van der Waals surface area contributed by atoms with Crippen LogP contribution in [0.25, 0.3) is 11.1 Å². The summed E-state index contributed by atoms with van der Waals surface area (Å²) in [5, 5.41) is 2.33. The predicted octanol–water partition coefficient (Wildman–Crippen LogP) is 3.98. The summed E-state index contributed by atoms with van der Waals surface area (Å²) in [5.41, 5.74) is 2.00. The molecule has 0 aliphatic rings. The fourth-order valence-electron chi connectivity index (χ4n) is 2.31. The molecule has 0 aromatic heterocycles. The second-order valence-corrected chi connectivity index (χ2v) is 5.58. The molecular formula is C19H16F3NO4. The lowest BCUT2D eigenvalue weighted by molar-refractivity contribution is -0.274. The summed E-state index contributed by atoms with van der Waals surface area (Å²) < 4.78 is 45.0. The van der Waals surface area contributed by atoms with E-state index in [0.717, 1.165) is 12.7 Å². The van der Waals surface area contributed by atoms with Crippen LogP contribution in [0, 0.1) is 6.92 Å².